The number of methoxy groups -OCH3 is 1. The van der Waals surface area contributed by atoms with E-state index in [1.54, 1.807) is 24.3 Å². The van der Waals surface area contributed by atoms with Crippen LogP contribution in [-0.4, -0.2) is 28.8 Å². The Kier molecular flexibility index (Phi) is 5.56. The molecular formula is C12H14O4S. The Labute approximate surface area is 102 Å². The standard InChI is InChI=1S/C12H14O4S/c1-16-12(14)9-10(13)7-8-17(15)11-5-3-2-4-6-11/h2-6H,7-9H2,1H3. The molecule has 0 aliphatic rings. The lowest BCUT2D eigenvalue weighted by atomic mass is 10.2. The van der Waals surface area contributed by atoms with Gasteiger partial charge in [-0.25, -0.2) is 0 Å². The number of carbonyl (C=O) groups is 2. The Balaban J connectivity index is 2.39. The minimum absolute atomic E-state index is 0.122. The normalized spacial score (nSPS) is 11.8. The molecule has 92 valence electrons. The van der Waals surface area contributed by atoms with Gasteiger partial charge in [0.25, 0.3) is 0 Å². The first-order chi connectivity index (χ1) is 8.13. The van der Waals surface area contributed by atoms with Crippen LogP contribution in [0, 0.1) is 0 Å². The number of benzene rings is 1. The van der Waals surface area contributed by atoms with Gasteiger partial charge in [-0.15, -0.1) is 0 Å². The van der Waals surface area contributed by atoms with Crippen molar-refractivity contribution in [2.45, 2.75) is 17.7 Å². The zero-order valence-corrected chi connectivity index (χ0v) is 10.4. The number of hydrogen-bond acceptors (Lipinski definition) is 4. The van der Waals surface area contributed by atoms with Crippen LogP contribution in [0.25, 0.3) is 0 Å². The molecule has 0 spiro atoms. The third-order valence-corrected chi connectivity index (χ3v) is 3.51. The lowest BCUT2D eigenvalue weighted by Crippen LogP contribution is -2.12. The second-order valence-corrected chi connectivity index (χ2v) is 4.97. The molecule has 0 bridgehead atoms. The van der Waals surface area contributed by atoms with Crippen LogP contribution >= 0.6 is 0 Å². The van der Waals surface area contributed by atoms with Gasteiger partial charge in [0.1, 0.15) is 12.2 Å². The minimum atomic E-state index is -1.19. The zero-order valence-electron chi connectivity index (χ0n) is 9.55. The SMILES string of the molecule is COC(=O)CC(=O)CCS(=O)c1ccccc1. The first-order valence-electron chi connectivity index (χ1n) is 5.15. The lowest BCUT2D eigenvalue weighted by molar-refractivity contribution is -0.143. The van der Waals surface area contributed by atoms with Gasteiger partial charge >= 0.3 is 5.97 Å². The molecular weight excluding hydrogens is 240 g/mol. The van der Waals surface area contributed by atoms with Crippen LogP contribution in [0.15, 0.2) is 35.2 Å². The van der Waals surface area contributed by atoms with Crippen LogP contribution in [0.2, 0.25) is 0 Å². The Morgan fingerprint density at radius 3 is 2.47 bits per heavy atom. The molecule has 0 saturated heterocycles. The van der Waals surface area contributed by atoms with Gasteiger partial charge in [-0.3, -0.25) is 13.8 Å². The first-order valence-corrected chi connectivity index (χ1v) is 6.47. The van der Waals surface area contributed by atoms with Crippen LogP contribution in [0.5, 0.6) is 0 Å². The van der Waals surface area contributed by atoms with E-state index >= 15 is 0 Å². The van der Waals surface area contributed by atoms with Gasteiger partial charge in [-0.2, -0.15) is 0 Å². The maximum absolute atomic E-state index is 11.7. The van der Waals surface area contributed by atoms with Crippen molar-refractivity contribution in [3.05, 3.63) is 30.3 Å². The van der Waals surface area contributed by atoms with E-state index < -0.39 is 16.8 Å². The number of ketones is 1. The van der Waals surface area contributed by atoms with E-state index in [9.17, 15) is 13.8 Å². The van der Waals surface area contributed by atoms with Crippen LogP contribution in [0.1, 0.15) is 12.8 Å². The topological polar surface area (TPSA) is 60.4 Å². The molecule has 1 unspecified atom stereocenters. The molecule has 1 aromatic rings. The molecule has 0 amide bonds. The van der Waals surface area contributed by atoms with Gasteiger partial charge in [0.2, 0.25) is 0 Å². The van der Waals surface area contributed by atoms with E-state index in [0.29, 0.717) is 4.90 Å². The number of esters is 1. The Bertz CT molecular complexity index is 414. The van der Waals surface area contributed by atoms with Crippen molar-refractivity contribution in [3.63, 3.8) is 0 Å². The summed E-state index contributed by atoms with van der Waals surface area (Å²) in [6.45, 7) is 0. The fourth-order valence-corrected chi connectivity index (χ4v) is 2.33. The van der Waals surface area contributed by atoms with Crippen molar-refractivity contribution < 1.29 is 18.5 Å². The first kappa shape index (κ1) is 13.6. The summed E-state index contributed by atoms with van der Waals surface area (Å²) in [6, 6.07) is 8.93. The predicted molar refractivity (Wildman–Crippen MR) is 64.0 cm³/mol. The minimum Gasteiger partial charge on any atom is -0.469 e. The number of Topliss-reactive ketones (excluding diaryl/α,β-unsaturated/α-hetero) is 1. The third kappa shape index (κ3) is 4.91. The average molecular weight is 254 g/mol. The molecule has 4 nitrogen and oxygen atoms in total. The summed E-state index contributed by atoms with van der Waals surface area (Å²) in [7, 11) is 0.0402. The fourth-order valence-electron chi connectivity index (χ4n) is 1.22. The summed E-state index contributed by atoms with van der Waals surface area (Å²) in [5.74, 6) is -0.568. The molecule has 1 aromatic carbocycles. The molecule has 0 heterocycles. The maximum Gasteiger partial charge on any atom is 0.313 e. The summed E-state index contributed by atoms with van der Waals surface area (Å²) < 4.78 is 16.1. The zero-order chi connectivity index (χ0) is 12.7. The van der Waals surface area contributed by atoms with Crippen molar-refractivity contribution in [3.8, 4) is 0 Å². The van der Waals surface area contributed by atoms with E-state index in [1.165, 1.54) is 7.11 Å². The Morgan fingerprint density at radius 2 is 1.88 bits per heavy atom. The molecule has 0 radical (unpaired) electrons. The molecule has 0 fully saturated rings. The Hall–Kier alpha value is -1.49. The highest BCUT2D eigenvalue weighted by Gasteiger charge is 2.11. The van der Waals surface area contributed by atoms with Crippen LogP contribution in [-0.2, 0) is 25.1 Å². The summed E-state index contributed by atoms with van der Waals surface area (Å²) >= 11 is 0. The molecule has 0 aliphatic heterocycles. The number of rotatable bonds is 6. The molecule has 0 N–H and O–H groups in total. The molecule has 1 atom stereocenters. The van der Waals surface area contributed by atoms with Gasteiger partial charge in [0, 0.05) is 17.1 Å². The highest BCUT2D eigenvalue weighted by molar-refractivity contribution is 7.85. The van der Waals surface area contributed by atoms with Gasteiger partial charge in [0.15, 0.2) is 0 Å². The molecule has 17 heavy (non-hydrogen) atoms. The van der Waals surface area contributed by atoms with Crippen molar-refractivity contribution in [1.82, 2.24) is 0 Å². The van der Waals surface area contributed by atoms with E-state index in [0.717, 1.165) is 0 Å². The number of carbonyl (C=O) groups excluding carboxylic acids is 2. The van der Waals surface area contributed by atoms with E-state index in [2.05, 4.69) is 4.74 Å². The molecule has 0 saturated carbocycles. The monoisotopic (exact) mass is 254 g/mol. The number of hydrogen-bond donors (Lipinski definition) is 0. The van der Waals surface area contributed by atoms with E-state index in [1.807, 2.05) is 6.07 Å². The van der Waals surface area contributed by atoms with Crippen molar-refractivity contribution in [1.29, 1.82) is 0 Å². The largest absolute Gasteiger partial charge is 0.469 e. The van der Waals surface area contributed by atoms with Gasteiger partial charge in [-0.05, 0) is 12.1 Å². The summed E-state index contributed by atoms with van der Waals surface area (Å²) in [6.07, 6.45) is -0.126. The van der Waals surface area contributed by atoms with E-state index in [-0.39, 0.29) is 24.4 Å². The van der Waals surface area contributed by atoms with Gasteiger partial charge in [-0.1, -0.05) is 18.2 Å². The second kappa shape index (κ2) is 6.96. The van der Waals surface area contributed by atoms with Gasteiger partial charge < -0.3 is 4.74 Å². The molecule has 1 rings (SSSR count). The van der Waals surface area contributed by atoms with Crippen molar-refractivity contribution >= 4 is 22.6 Å². The average Bonchev–Trinajstić information content (AvgIpc) is 2.36. The Morgan fingerprint density at radius 1 is 1.24 bits per heavy atom. The fraction of sp³-hybridized carbons (Fsp3) is 0.333. The molecule has 0 aromatic heterocycles. The van der Waals surface area contributed by atoms with Crippen molar-refractivity contribution in [2.24, 2.45) is 0 Å². The number of ether oxygens (including phenoxy) is 1. The molecule has 0 aliphatic carbocycles. The second-order valence-electron chi connectivity index (χ2n) is 3.40. The van der Waals surface area contributed by atoms with Gasteiger partial charge in [0.05, 0.1) is 17.9 Å². The highest BCUT2D eigenvalue weighted by atomic mass is 32.2. The summed E-state index contributed by atoms with van der Waals surface area (Å²) in [5, 5.41) is 0. The lowest BCUT2D eigenvalue weighted by Gasteiger charge is -2.01. The molecule has 5 heteroatoms. The smallest absolute Gasteiger partial charge is 0.313 e. The highest BCUT2D eigenvalue weighted by Crippen LogP contribution is 2.07. The maximum atomic E-state index is 11.7. The van der Waals surface area contributed by atoms with Crippen molar-refractivity contribution in [2.75, 3.05) is 12.9 Å². The summed E-state index contributed by atoms with van der Waals surface area (Å²) in [4.78, 5) is 22.8. The predicted octanol–water partition coefficient (Wildman–Crippen LogP) is 1.32. The summed E-state index contributed by atoms with van der Waals surface area (Å²) in [5.41, 5.74) is 0. The third-order valence-electron chi connectivity index (χ3n) is 2.14. The van der Waals surface area contributed by atoms with Crippen LogP contribution < -0.4 is 0 Å². The van der Waals surface area contributed by atoms with E-state index in [4.69, 9.17) is 0 Å². The van der Waals surface area contributed by atoms with Crippen LogP contribution in [0.3, 0.4) is 0 Å². The quantitative estimate of drug-likeness (QED) is 0.567. The van der Waals surface area contributed by atoms with Crippen LogP contribution in [0.4, 0.5) is 0 Å².